The third kappa shape index (κ3) is 4.97. The van der Waals surface area contributed by atoms with E-state index in [1.807, 2.05) is 12.1 Å². The molecule has 150 valence electrons. The van der Waals surface area contributed by atoms with Gasteiger partial charge < -0.3 is 29.6 Å². The van der Waals surface area contributed by atoms with Crippen molar-refractivity contribution in [2.45, 2.75) is 0 Å². The van der Waals surface area contributed by atoms with Crippen LogP contribution in [0, 0.1) is 0 Å². The highest BCUT2D eigenvalue weighted by Gasteiger charge is 2.19. The van der Waals surface area contributed by atoms with E-state index in [-0.39, 0.29) is 5.91 Å². The molecule has 1 aliphatic heterocycles. The minimum atomic E-state index is -0.213. The third-order valence-corrected chi connectivity index (χ3v) is 4.67. The molecule has 1 fully saturated rings. The molecule has 0 bridgehead atoms. The molecule has 1 aromatic carbocycles. The Morgan fingerprint density at radius 1 is 1.11 bits per heavy atom. The minimum absolute atomic E-state index is 0.213. The predicted molar refractivity (Wildman–Crippen MR) is 109 cm³/mol. The zero-order valence-electron chi connectivity index (χ0n) is 16.4. The lowest BCUT2D eigenvalue weighted by Crippen LogP contribution is -2.53. The number of piperazine rings is 1. The van der Waals surface area contributed by atoms with Crippen LogP contribution in [0.1, 0.15) is 10.6 Å². The number of amides is 1. The third-order valence-electron chi connectivity index (χ3n) is 4.67. The molecule has 2 aromatic rings. The van der Waals surface area contributed by atoms with E-state index in [0.29, 0.717) is 18.8 Å². The standard InChI is InChI=1S/C20H27N5O3/c1-21-20(23-10-9-22-19(26)18-4-3-15-28-18)25-13-11-24(12-14-25)16-5-7-17(27-2)8-6-16/h3-8,15H,9-14H2,1-2H3,(H,21,23)(H,22,26). The summed E-state index contributed by atoms with van der Waals surface area (Å²) in [6.45, 7) is 4.68. The number of carbonyl (C=O) groups excluding carboxylic acids is 1. The molecule has 28 heavy (non-hydrogen) atoms. The molecule has 1 aromatic heterocycles. The summed E-state index contributed by atoms with van der Waals surface area (Å²) in [4.78, 5) is 20.8. The van der Waals surface area contributed by atoms with Crippen LogP contribution in [-0.2, 0) is 0 Å². The molecule has 1 aliphatic rings. The molecular formula is C20H27N5O3. The Bertz CT molecular complexity index is 766. The summed E-state index contributed by atoms with van der Waals surface area (Å²) in [6, 6.07) is 11.5. The molecule has 0 aliphatic carbocycles. The number of rotatable bonds is 6. The van der Waals surface area contributed by atoms with Crippen LogP contribution in [-0.4, -0.2) is 70.2 Å². The number of hydrogen-bond acceptors (Lipinski definition) is 5. The highest BCUT2D eigenvalue weighted by molar-refractivity contribution is 5.91. The Morgan fingerprint density at radius 2 is 1.82 bits per heavy atom. The number of guanidine groups is 1. The van der Waals surface area contributed by atoms with Crippen molar-refractivity contribution >= 4 is 17.6 Å². The quantitative estimate of drug-likeness (QED) is 0.445. The number of aliphatic imine (C=N–C) groups is 1. The summed E-state index contributed by atoms with van der Waals surface area (Å²) in [6.07, 6.45) is 1.49. The van der Waals surface area contributed by atoms with E-state index in [9.17, 15) is 4.79 Å². The van der Waals surface area contributed by atoms with Crippen LogP contribution >= 0.6 is 0 Å². The van der Waals surface area contributed by atoms with Crippen LogP contribution in [0.4, 0.5) is 5.69 Å². The van der Waals surface area contributed by atoms with Crippen molar-refractivity contribution in [2.75, 3.05) is 58.3 Å². The first-order chi connectivity index (χ1) is 13.7. The zero-order valence-corrected chi connectivity index (χ0v) is 16.4. The van der Waals surface area contributed by atoms with E-state index in [0.717, 1.165) is 37.9 Å². The zero-order chi connectivity index (χ0) is 19.8. The van der Waals surface area contributed by atoms with Gasteiger partial charge in [-0.2, -0.15) is 0 Å². The first-order valence-corrected chi connectivity index (χ1v) is 9.37. The molecule has 2 N–H and O–H groups in total. The van der Waals surface area contributed by atoms with E-state index in [2.05, 4.69) is 37.6 Å². The van der Waals surface area contributed by atoms with Gasteiger partial charge in [-0.15, -0.1) is 0 Å². The van der Waals surface area contributed by atoms with Gasteiger partial charge in [-0.3, -0.25) is 9.79 Å². The number of benzene rings is 1. The van der Waals surface area contributed by atoms with Gasteiger partial charge in [-0.1, -0.05) is 0 Å². The molecule has 0 spiro atoms. The Kier molecular flexibility index (Phi) is 6.78. The summed E-state index contributed by atoms with van der Waals surface area (Å²) in [5, 5.41) is 6.12. The molecule has 0 atom stereocenters. The molecule has 0 radical (unpaired) electrons. The van der Waals surface area contributed by atoms with E-state index in [1.54, 1.807) is 26.3 Å². The number of carbonyl (C=O) groups is 1. The largest absolute Gasteiger partial charge is 0.497 e. The van der Waals surface area contributed by atoms with Crippen molar-refractivity contribution in [1.29, 1.82) is 0 Å². The second-order valence-corrected chi connectivity index (χ2v) is 6.38. The van der Waals surface area contributed by atoms with E-state index >= 15 is 0 Å². The van der Waals surface area contributed by atoms with Gasteiger partial charge in [-0.25, -0.2) is 0 Å². The van der Waals surface area contributed by atoms with Crippen molar-refractivity contribution in [1.82, 2.24) is 15.5 Å². The van der Waals surface area contributed by atoms with Gasteiger partial charge in [0.2, 0.25) is 0 Å². The maximum absolute atomic E-state index is 11.8. The molecule has 0 saturated carbocycles. The highest BCUT2D eigenvalue weighted by atomic mass is 16.5. The summed E-state index contributed by atoms with van der Waals surface area (Å²) >= 11 is 0. The van der Waals surface area contributed by atoms with Crippen molar-refractivity contribution in [3.8, 4) is 5.75 Å². The fraction of sp³-hybridized carbons (Fsp3) is 0.400. The second-order valence-electron chi connectivity index (χ2n) is 6.38. The Morgan fingerprint density at radius 3 is 2.43 bits per heavy atom. The van der Waals surface area contributed by atoms with Crippen LogP contribution in [0.15, 0.2) is 52.1 Å². The highest BCUT2D eigenvalue weighted by Crippen LogP contribution is 2.20. The van der Waals surface area contributed by atoms with Crippen LogP contribution in [0.3, 0.4) is 0 Å². The van der Waals surface area contributed by atoms with E-state index in [1.165, 1.54) is 12.0 Å². The molecule has 3 rings (SSSR count). The smallest absolute Gasteiger partial charge is 0.287 e. The van der Waals surface area contributed by atoms with E-state index < -0.39 is 0 Å². The number of methoxy groups -OCH3 is 1. The average Bonchev–Trinajstić information content (AvgIpc) is 3.29. The van der Waals surface area contributed by atoms with Gasteiger partial charge in [-0.05, 0) is 36.4 Å². The fourth-order valence-corrected chi connectivity index (χ4v) is 3.15. The first kappa shape index (κ1) is 19.6. The van der Waals surface area contributed by atoms with Gasteiger partial charge in [0.25, 0.3) is 5.91 Å². The monoisotopic (exact) mass is 385 g/mol. The van der Waals surface area contributed by atoms with Crippen LogP contribution in [0.25, 0.3) is 0 Å². The van der Waals surface area contributed by atoms with Gasteiger partial charge in [0.15, 0.2) is 11.7 Å². The van der Waals surface area contributed by atoms with E-state index in [4.69, 9.17) is 9.15 Å². The molecule has 1 saturated heterocycles. The molecule has 2 heterocycles. The lowest BCUT2D eigenvalue weighted by molar-refractivity contribution is 0.0926. The van der Waals surface area contributed by atoms with Crippen molar-refractivity contribution in [2.24, 2.45) is 4.99 Å². The first-order valence-electron chi connectivity index (χ1n) is 9.37. The Labute approximate surface area is 165 Å². The van der Waals surface area contributed by atoms with Gasteiger partial charge in [0, 0.05) is 52.0 Å². The minimum Gasteiger partial charge on any atom is -0.497 e. The fourth-order valence-electron chi connectivity index (χ4n) is 3.15. The lowest BCUT2D eigenvalue weighted by Gasteiger charge is -2.37. The normalized spacial score (nSPS) is 14.7. The van der Waals surface area contributed by atoms with Crippen LogP contribution in [0.2, 0.25) is 0 Å². The van der Waals surface area contributed by atoms with Crippen molar-refractivity contribution < 1.29 is 13.9 Å². The van der Waals surface area contributed by atoms with Gasteiger partial charge >= 0.3 is 0 Å². The Hall–Kier alpha value is -3.16. The summed E-state index contributed by atoms with van der Waals surface area (Å²) in [5.41, 5.74) is 1.20. The average molecular weight is 385 g/mol. The molecule has 8 nitrogen and oxygen atoms in total. The summed E-state index contributed by atoms with van der Waals surface area (Å²) in [5.74, 6) is 1.82. The van der Waals surface area contributed by atoms with Crippen molar-refractivity contribution in [3.05, 3.63) is 48.4 Å². The number of furan rings is 1. The molecule has 8 heteroatoms. The second kappa shape index (κ2) is 9.68. The Balaban J connectivity index is 1.41. The van der Waals surface area contributed by atoms with Gasteiger partial charge in [0.1, 0.15) is 5.75 Å². The summed E-state index contributed by atoms with van der Waals surface area (Å²) < 4.78 is 10.3. The number of anilines is 1. The molecule has 0 unspecified atom stereocenters. The predicted octanol–water partition coefficient (Wildman–Crippen LogP) is 1.42. The summed E-state index contributed by atoms with van der Waals surface area (Å²) in [7, 11) is 3.45. The van der Waals surface area contributed by atoms with Crippen molar-refractivity contribution in [3.63, 3.8) is 0 Å². The topological polar surface area (TPSA) is 82.3 Å². The number of nitrogens with zero attached hydrogens (tertiary/aromatic N) is 3. The molecular weight excluding hydrogens is 358 g/mol. The van der Waals surface area contributed by atoms with Gasteiger partial charge in [0.05, 0.1) is 13.4 Å². The van der Waals surface area contributed by atoms with Crippen LogP contribution in [0.5, 0.6) is 5.75 Å². The molecule has 1 amide bonds. The lowest BCUT2D eigenvalue weighted by atomic mass is 10.2. The van der Waals surface area contributed by atoms with Crippen LogP contribution < -0.4 is 20.3 Å². The SMILES string of the molecule is CN=C(NCCNC(=O)c1ccco1)N1CCN(c2ccc(OC)cc2)CC1. The number of nitrogens with one attached hydrogen (secondary N) is 2. The number of ether oxygens (including phenoxy) is 1. The number of hydrogen-bond donors (Lipinski definition) is 2. The maximum Gasteiger partial charge on any atom is 0.287 e. The maximum atomic E-state index is 11.8.